The van der Waals surface area contributed by atoms with Gasteiger partial charge < -0.3 is 14.1 Å². The molecule has 0 saturated carbocycles. The van der Waals surface area contributed by atoms with E-state index in [1.807, 2.05) is 11.0 Å². The highest BCUT2D eigenvalue weighted by atomic mass is 19.1. The monoisotopic (exact) mass is 509 g/mol. The Hall–Kier alpha value is -4.10. The van der Waals surface area contributed by atoms with Gasteiger partial charge in [-0.25, -0.2) is 40.0 Å². The minimum Gasteiger partial charge on any atom is -0.497 e. The Morgan fingerprint density at radius 2 is 2.00 bits per heavy atom. The van der Waals surface area contributed by atoms with Crippen LogP contribution in [0.15, 0.2) is 56.7 Å². The van der Waals surface area contributed by atoms with Gasteiger partial charge in [0.05, 0.1) is 19.1 Å². The molecule has 5 heterocycles. The summed E-state index contributed by atoms with van der Waals surface area (Å²) in [5, 5.41) is 4.70. The second-order valence-electron chi connectivity index (χ2n) is 9.12. The van der Waals surface area contributed by atoms with Crippen molar-refractivity contribution in [2.75, 3.05) is 58.3 Å². The smallest absolute Gasteiger partial charge is 0.341 e. The topological polar surface area (TPSA) is 110 Å². The van der Waals surface area contributed by atoms with E-state index in [1.54, 1.807) is 46.4 Å². The minimum absolute atomic E-state index is 0.156. The van der Waals surface area contributed by atoms with Crippen molar-refractivity contribution in [1.29, 1.82) is 0 Å². The van der Waals surface area contributed by atoms with Crippen LogP contribution >= 0.6 is 0 Å². The fourth-order valence-corrected chi connectivity index (χ4v) is 5.10. The first-order chi connectivity index (χ1) is 18.0. The number of hydrazine groups is 2. The molecule has 194 valence electrons. The van der Waals surface area contributed by atoms with Crippen LogP contribution in [0.2, 0.25) is 0 Å². The summed E-state index contributed by atoms with van der Waals surface area (Å²) in [6.45, 7) is 4.03. The Morgan fingerprint density at radius 3 is 2.70 bits per heavy atom. The zero-order valence-electron chi connectivity index (χ0n) is 20.6. The maximum atomic E-state index is 14.5. The zero-order valence-corrected chi connectivity index (χ0v) is 20.6. The van der Waals surface area contributed by atoms with Gasteiger partial charge in [0.2, 0.25) is 6.29 Å². The molecule has 2 amide bonds. The van der Waals surface area contributed by atoms with Gasteiger partial charge in [0.25, 0.3) is 0 Å². The predicted octanol–water partition coefficient (Wildman–Crippen LogP) is 1.42. The number of amides is 2. The van der Waals surface area contributed by atoms with Crippen molar-refractivity contribution < 1.29 is 18.3 Å². The summed E-state index contributed by atoms with van der Waals surface area (Å²) in [7, 11) is 3.23. The van der Waals surface area contributed by atoms with Crippen LogP contribution in [0.1, 0.15) is 5.76 Å². The first-order valence-corrected chi connectivity index (χ1v) is 12.0. The molecule has 0 radical (unpaired) electrons. The quantitative estimate of drug-likeness (QED) is 0.583. The lowest BCUT2D eigenvalue weighted by Crippen LogP contribution is -2.49. The number of benzene rings is 1. The Bertz CT molecular complexity index is 1290. The van der Waals surface area contributed by atoms with Crippen LogP contribution in [0.5, 0.6) is 5.75 Å². The molecular weight excluding hydrogens is 481 g/mol. The van der Waals surface area contributed by atoms with Crippen LogP contribution in [-0.4, -0.2) is 103 Å². The third-order valence-electron chi connectivity index (χ3n) is 7.08. The lowest BCUT2D eigenvalue weighted by molar-refractivity contribution is 0.0841. The van der Waals surface area contributed by atoms with Crippen molar-refractivity contribution in [3.63, 3.8) is 0 Å². The number of fused-ring (bicyclic) bond motifs is 3. The van der Waals surface area contributed by atoms with E-state index >= 15 is 0 Å². The number of carbonyl (C=O) groups is 1. The lowest BCUT2D eigenvalue weighted by atomic mass is 10.2. The molecule has 4 aliphatic rings. The van der Waals surface area contributed by atoms with E-state index in [1.165, 1.54) is 24.5 Å². The van der Waals surface area contributed by atoms with Crippen LogP contribution in [-0.2, 0) is 0 Å². The molecule has 13 heteroatoms. The standard InChI is InChI=1S/C24H28FN9O3/c1-29-24(35)32(12-9-30-7-10-31(11-8-30)18-6-5-16(36-2)14-17(18)25)23-28-22-21(34(23)29)20(27-15-33(22)26)19-4-3-13-37-19/h3-6,13-15,23H,7-12,26H2,1-2H3. The van der Waals surface area contributed by atoms with E-state index in [0.717, 1.165) is 13.1 Å². The molecule has 2 aromatic rings. The molecule has 1 unspecified atom stereocenters. The van der Waals surface area contributed by atoms with Crippen molar-refractivity contribution in [3.8, 4) is 5.75 Å². The molecule has 2 N–H and O–H groups in total. The number of amidine groups is 1. The third-order valence-corrected chi connectivity index (χ3v) is 7.08. The number of halogens is 1. The second-order valence-corrected chi connectivity index (χ2v) is 9.12. The number of hydrogen-bond acceptors (Lipinski definition) is 10. The van der Waals surface area contributed by atoms with Gasteiger partial charge in [0.15, 0.2) is 11.6 Å². The Balaban J connectivity index is 1.14. The van der Waals surface area contributed by atoms with Crippen LogP contribution in [0.3, 0.4) is 0 Å². The molecule has 12 nitrogen and oxygen atoms in total. The Labute approximate surface area is 213 Å². The zero-order chi connectivity index (χ0) is 25.7. The third kappa shape index (κ3) is 3.86. The molecule has 2 fully saturated rings. The molecule has 37 heavy (non-hydrogen) atoms. The highest BCUT2D eigenvalue weighted by molar-refractivity contribution is 6.12. The number of aliphatic imine (C=N–C) groups is 2. The molecule has 0 bridgehead atoms. The first-order valence-electron chi connectivity index (χ1n) is 12.0. The summed E-state index contributed by atoms with van der Waals surface area (Å²) < 4.78 is 25.2. The number of methoxy groups -OCH3 is 1. The number of carbonyl (C=O) groups excluding carboxylic acids is 1. The van der Waals surface area contributed by atoms with Crippen LogP contribution in [0, 0.1) is 5.82 Å². The lowest BCUT2D eigenvalue weighted by Gasteiger charge is -2.36. The Morgan fingerprint density at radius 1 is 1.19 bits per heavy atom. The number of ether oxygens (including phenoxy) is 1. The van der Waals surface area contributed by atoms with Gasteiger partial charge in [-0.2, -0.15) is 0 Å². The number of anilines is 1. The SMILES string of the molecule is COc1ccc(N2CCN(CCN3C(=O)N(C)N4C5=C(c6ccco6)N=CN(N)C5=NC34)CC2)c(F)c1. The summed E-state index contributed by atoms with van der Waals surface area (Å²) in [5.74, 6) is 7.43. The van der Waals surface area contributed by atoms with Gasteiger partial charge in [-0.15, -0.1) is 0 Å². The molecule has 1 aromatic carbocycles. The van der Waals surface area contributed by atoms with Crippen LogP contribution < -0.4 is 15.5 Å². The number of piperazine rings is 1. The molecular formula is C24H28FN9O3. The van der Waals surface area contributed by atoms with Crippen molar-refractivity contribution >= 4 is 29.6 Å². The van der Waals surface area contributed by atoms with Crippen LogP contribution in [0.4, 0.5) is 14.9 Å². The number of urea groups is 1. The van der Waals surface area contributed by atoms with E-state index in [4.69, 9.17) is 20.0 Å². The minimum atomic E-state index is -0.560. The van der Waals surface area contributed by atoms with E-state index < -0.39 is 6.29 Å². The maximum absolute atomic E-state index is 14.5. The average molecular weight is 510 g/mol. The molecule has 0 aliphatic carbocycles. The van der Waals surface area contributed by atoms with Gasteiger partial charge >= 0.3 is 6.03 Å². The molecule has 0 spiro atoms. The number of hydrogen-bond donors (Lipinski definition) is 1. The number of nitrogens with zero attached hydrogens (tertiary/aromatic N) is 8. The van der Waals surface area contributed by atoms with Gasteiger partial charge in [-0.3, -0.25) is 9.80 Å². The summed E-state index contributed by atoms with van der Waals surface area (Å²) in [6, 6.07) is 8.37. The maximum Gasteiger partial charge on any atom is 0.341 e. The van der Waals surface area contributed by atoms with E-state index in [-0.39, 0.29) is 11.8 Å². The molecule has 2 saturated heterocycles. The van der Waals surface area contributed by atoms with Crippen molar-refractivity contribution in [2.24, 2.45) is 15.8 Å². The highest BCUT2D eigenvalue weighted by Gasteiger charge is 2.51. The van der Waals surface area contributed by atoms with Gasteiger partial charge in [0, 0.05) is 52.4 Å². The van der Waals surface area contributed by atoms with Crippen LogP contribution in [0.25, 0.3) is 5.70 Å². The van der Waals surface area contributed by atoms with Crippen molar-refractivity contribution in [2.45, 2.75) is 6.29 Å². The first kappa shape index (κ1) is 23.3. The van der Waals surface area contributed by atoms with Crippen molar-refractivity contribution in [1.82, 2.24) is 24.8 Å². The number of nitrogens with two attached hydrogens (primary N) is 1. The Kier molecular flexibility index (Phi) is 5.72. The number of furan rings is 1. The fourth-order valence-electron chi connectivity index (χ4n) is 5.10. The fraction of sp³-hybridized carbons (Fsp3) is 0.375. The van der Waals surface area contributed by atoms with Gasteiger partial charge in [-0.05, 0) is 24.3 Å². The second kappa shape index (κ2) is 9.09. The predicted molar refractivity (Wildman–Crippen MR) is 135 cm³/mol. The van der Waals surface area contributed by atoms with E-state index in [2.05, 4.69) is 9.89 Å². The van der Waals surface area contributed by atoms with Crippen molar-refractivity contribution in [3.05, 3.63) is 53.9 Å². The summed E-state index contributed by atoms with van der Waals surface area (Å²) in [5.41, 5.74) is 1.76. The summed E-state index contributed by atoms with van der Waals surface area (Å²) in [4.78, 5) is 28.4. The average Bonchev–Trinajstić information content (AvgIpc) is 3.63. The normalized spacial score (nSPS) is 21.7. The summed E-state index contributed by atoms with van der Waals surface area (Å²) in [6.07, 6.45) is 2.50. The molecule has 4 aliphatic heterocycles. The highest BCUT2D eigenvalue weighted by Crippen LogP contribution is 2.38. The molecule has 1 atom stereocenters. The molecule has 1 aromatic heterocycles. The molecule has 6 rings (SSSR count). The number of rotatable bonds is 6. The van der Waals surface area contributed by atoms with E-state index in [0.29, 0.717) is 60.6 Å². The van der Waals surface area contributed by atoms with E-state index in [9.17, 15) is 9.18 Å². The van der Waals surface area contributed by atoms with Gasteiger partial charge in [0.1, 0.15) is 29.3 Å². The summed E-state index contributed by atoms with van der Waals surface area (Å²) >= 11 is 0. The largest absolute Gasteiger partial charge is 0.497 e. The van der Waals surface area contributed by atoms with Gasteiger partial charge in [-0.1, -0.05) is 0 Å².